The Kier molecular flexibility index (Phi) is 3.67. The van der Waals surface area contributed by atoms with Crippen LogP contribution < -0.4 is 5.32 Å². The fraction of sp³-hybridized carbons (Fsp3) is 0.357. The van der Waals surface area contributed by atoms with Crippen LogP contribution in [0.4, 0.5) is 5.82 Å². The molecule has 0 amide bonds. The molecule has 0 aromatic carbocycles. The van der Waals surface area contributed by atoms with Gasteiger partial charge in [-0.15, -0.1) is 22.7 Å². The van der Waals surface area contributed by atoms with Gasteiger partial charge >= 0.3 is 0 Å². The van der Waals surface area contributed by atoms with E-state index in [9.17, 15) is 0 Å². The second-order valence-corrected chi connectivity index (χ2v) is 6.74. The first-order valence-electron chi connectivity index (χ1n) is 6.61. The van der Waals surface area contributed by atoms with Crippen molar-refractivity contribution in [2.75, 3.05) is 11.9 Å². The van der Waals surface area contributed by atoms with E-state index in [4.69, 9.17) is 9.97 Å². The molecule has 3 heterocycles. The molecule has 6 heteroatoms. The third-order valence-corrected chi connectivity index (χ3v) is 5.09. The molecule has 4 nitrogen and oxygen atoms in total. The number of anilines is 1. The summed E-state index contributed by atoms with van der Waals surface area (Å²) in [5.41, 5.74) is 3.09. The molecular formula is C14H16N4S2. The highest BCUT2D eigenvalue weighted by Gasteiger charge is 2.15. The van der Waals surface area contributed by atoms with Crippen LogP contribution in [0.2, 0.25) is 0 Å². The fourth-order valence-electron chi connectivity index (χ4n) is 2.06. The minimum Gasteiger partial charge on any atom is -0.369 e. The molecular weight excluding hydrogens is 288 g/mol. The van der Waals surface area contributed by atoms with Crippen molar-refractivity contribution in [3.05, 3.63) is 22.1 Å². The predicted molar refractivity (Wildman–Crippen MR) is 86.8 cm³/mol. The van der Waals surface area contributed by atoms with Gasteiger partial charge in [-0.05, 0) is 25.8 Å². The molecule has 0 unspecified atom stereocenters. The molecule has 3 rings (SSSR count). The summed E-state index contributed by atoms with van der Waals surface area (Å²) in [6.45, 7) is 7.35. The molecule has 20 heavy (non-hydrogen) atoms. The van der Waals surface area contributed by atoms with Crippen LogP contribution in [0.1, 0.15) is 23.8 Å². The molecule has 3 aromatic rings. The van der Waals surface area contributed by atoms with E-state index in [1.165, 1.54) is 10.4 Å². The molecule has 0 radical (unpaired) electrons. The van der Waals surface area contributed by atoms with Crippen molar-refractivity contribution in [3.8, 4) is 10.7 Å². The van der Waals surface area contributed by atoms with E-state index < -0.39 is 0 Å². The van der Waals surface area contributed by atoms with Gasteiger partial charge in [0.1, 0.15) is 10.6 Å². The number of hydrogen-bond donors (Lipinski definition) is 1. The highest BCUT2D eigenvalue weighted by molar-refractivity contribution is 7.19. The van der Waals surface area contributed by atoms with Gasteiger partial charge in [0.2, 0.25) is 0 Å². The molecule has 0 atom stereocenters. The number of thiophene rings is 1. The number of nitrogens with zero attached hydrogens (tertiary/aromatic N) is 3. The zero-order valence-electron chi connectivity index (χ0n) is 11.7. The lowest BCUT2D eigenvalue weighted by molar-refractivity contribution is 0.970. The summed E-state index contributed by atoms with van der Waals surface area (Å²) in [6, 6.07) is 0. The van der Waals surface area contributed by atoms with Crippen molar-refractivity contribution in [2.45, 2.75) is 27.2 Å². The third kappa shape index (κ3) is 2.29. The summed E-state index contributed by atoms with van der Waals surface area (Å²) in [5, 5.41) is 4.59. The van der Waals surface area contributed by atoms with Crippen molar-refractivity contribution in [3.63, 3.8) is 0 Å². The smallest absolute Gasteiger partial charge is 0.174 e. The molecule has 1 N–H and O–H groups in total. The lowest BCUT2D eigenvalue weighted by Crippen LogP contribution is -2.04. The third-order valence-electron chi connectivity index (χ3n) is 3.22. The Morgan fingerprint density at radius 2 is 2.10 bits per heavy atom. The second kappa shape index (κ2) is 5.46. The Morgan fingerprint density at radius 1 is 1.25 bits per heavy atom. The van der Waals surface area contributed by atoms with E-state index in [-0.39, 0.29) is 0 Å². The predicted octanol–water partition coefficient (Wildman–Crippen LogP) is 4.25. The van der Waals surface area contributed by atoms with E-state index in [0.717, 1.165) is 39.7 Å². The van der Waals surface area contributed by atoms with E-state index in [1.807, 2.05) is 11.7 Å². The van der Waals surface area contributed by atoms with Gasteiger partial charge in [-0.1, -0.05) is 6.92 Å². The number of thiazole rings is 1. The first-order chi connectivity index (χ1) is 9.70. The maximum atomic E-state index is 4.71. The lowest BCUT2D eigenvalue weighted by atomic mass is 10.2. The van der Waals surface area contributed by atoms with Crippen LogP contribution in [0.5, 0.6) is 0 Å². The molecule has 104 valence electrons. The summed E-state index contributed by atoms with van der Waals surface area (Å²) >= 11 is 3.30. The molecule has 0 aliphatic heterocycles. The number of aromatic nitrogens is 3. The minimum atomic E-state index is 0.764. The minimum absolute atomic E-state index is 0.764. The highest BCUT2D eigenvalue weighted by Crippen LogP contribution is 2.35. The summed E-state index contributed by atoms with van der Waals surface area (Å²) in [6.07, 6.45) is 2.90. The maximum absolute atomic E-state index is 4.71. The van der Waals surface area contributed by atoms with Gasteiger partial charge in [-0.25, -0.2) is 9.97 Å². The first kappa shape index (κ1) is 13.5. The summed E-state index contributed by atoms with van der Waals surface area (Å²) < 4.78 is 0. The highest BCUT2D eigenvalue weighted by atomic mass is 32.1. The zero-order valence-corrected chi connectivity index (χ0v) is 13.4. The number of rotatable bonds is 4. The van der Waals surface area contributed by atoms with Crippen LogP contribution in [0, 0.1) is 13.8 Å². The van der Waals surface area contributed by atoms with Crippen molar-refractivity contribution >= 4 is 38.7 Å². The molecule has 0 saturated heterocycles. The molecule has 0 bridgehead atoms. The van der Waals surface area contributed by atoms with Gasteiger partial charge in [-0.3, -0.25) is 4.98 Å². The van der Waals surface area contributed by atoms with Crippen molar-refractivity contribution < 1.29 is 0 Å². The number of nitrogens with one attached hydrogen (secondary N) is 1. The zero-order chi connectivity index (χ0) is 14.1. The molecule has 0 spiro atoms. The molecule has 3 aromatic heterocycles. The van der Waals surface area contributed by atoms with Crippen molar-refractivity contribution in [1.29, 1.82) is 0 Å². The molecule has 0 fully saturated rings. The lowest BCUT2D eigenvalue weighted by Gasteiger charge is -2.08. The molecule has 0 saturated carbocycles. The van der Waals surface area contributed by atoms with Gasteiger partial charge in [0, 0.05) is 17.6 Å². The van der Waals surface area contributed by atoms with Crippen LogP contribution >= 0.6 is 22.7 Å². The van der Waals surface area contributed by atoms with Crippen LogP contribution in [0.3, 0.4) is 0 Å². The summed E-state index contributed by atoms with van der Waals surface area (Å²) in [4.78, 5) is 16.9. The Balaban J connectivity index is 2.20. The monoisotopic (exact) mass is 304 g/mol. The fourth-order valence-corrected chi connectivity index (χ4v) is 3.64. The standard InChI is InChI=1S/C14H16N4S2/c1-4-5-16-13-11-8(2)9(3)20-14(11)18-12(17-13)10-6-15-7-19-10/h6-7H,4-5H2,1-3H3,(H,16,17,18). The van der Waals surface area contributed by atoms with Crippen LogP contribution in [-0.2, 0) is 0 Å². The average molecular weight is 304 g/mol. The van der Waals surface area contributed by atoms with Crippen molar-refractivity contribution in [2.24, 2.45) is 0 Å². The summed E-state index contributed by atoms with van der Waals surface area (Å²) in [7, 11) is 0. The summed E-state index contributed by atoms with van der Waals surface area (Å²) in [5.74, 6) is 1.71. The number of aryl methyl sites for hydroxylation is 2. The second-order valence-electron chi connectivity index (χ2n) is 4.65. The van der Waals surface area contributed by atoms with Gasteiger partial charge in [0.25, 0.3) is 0 Å². The van der Waals surface area contributed by atoms with Crippen LogP contribution in [-0.4, -0.2) is 21.5 Å². The van der Waals surface area contributed by atoms with Gasteiger partial charge < -0.3 is 5.32 Å². The van der Waals surface area contributed by atoms with Gasteiger partial charge in [-0.2, -0.15) is 0 Å². The largest absolute Gasteiger partial charge is 0.369 e. The number of hydrogen-bond acceptors (Lipinski definition) is 6. The maximum Gasteiger partial charge on any atom is 0.174 e. The number of fused-ring (bicyclic) bond motifs is 1. The Hall–Kier alpha value is -1.53. The average Bonchev–Trinajstić information content (AvgIpc) is 3.06. The molecule has 0 aliphatic carbocycles. The van der Waals surface area contributed by atoms with Crippen molar-refractivity contribution in [1.82, 2.24) is 15.0 Å². The van der Waals surface area contributed by atoms with E-state index in [1.54, 1.807) is 22.7 Å². The quantitative estimate of drug-likeness (QED) is 0.782. The Labute approximate surface area is 125 Å². The normalized spacial score (nSPS) is 11.2. The van der Waals surface area contributed by atoms with Gasteiger partial charge in [0.05, 0.1) is 15.8 Å². The first-order valence-corrected chi connectivity index (χ1v) is 8.30. The topological polar surface area (TPSA) is 50.7 Å². The van der Waals surface area contributed by atoms with E-state index in [0.29, 0.717) is 0 Å². The SMILES string of the molecule is CCCNc1nc(-c2cncs2)nc2sc(C)c(C)c12. The van der Waals surface area contributed by atoms with Crippen LogP contribution in [0.25, 0.3) is 20.9 Å². The van der Waals surface area contributed by atoms with Crippen LogP contribution in [0.15, 0.2) is 11.7 Å². The Morgan fingerprint density at radius 3 is 2.80 bits per heavy atom. The van der Waals surface area contributed by atoms with E-state index in [2.05, 4.69) is 31.1 Å². The Bertz CT molecular complexity index is 731. The van der Waals surface area contributed by atoms with E-state index >= 15 is 0 Å². The molecule has 0 aliphatic rings. The van der Waals surface area contributed by atoms with Gasteiger partial charge in [0.15, 0.2) is 5.82 Å².